The zero-order chi connectivity index (χ0) is 41.7. The molecule has 0 saturated carbocycles. The lowest BCUT2D eigenvalue weighted by Crippen LogP contribution is -2.66. The lowest BCUT2D eigenvalue weighted by molar-refractivity contribution is -0.141. The van der Waals surface area contributed by atoms with E-state index >= 15 is 0 Å². The fourth-order valence-corrected chi connectivity index (χ4v) is 16.0. The Bertz CT molecular complexity index is 1600. The number of hydrogen-bond acceptors (Lipinski definition) is 6. The summed E-state index contributed by atoms with van der Waals surface area (Å²) >= 11 is 0. The van der Waals surface area contributed by atoms with E-state index in [9.17, 15) is 9.90 Å². The molecule has 6 nitrogen and oxygen atoms in total. The number of ether oxygens (including phenoxy) is 1. The molecule has 0 spiro atoms. The summed E-state index contributed by atoms with van der Waals surface area (Å²) in [5.74, 6) is -0.351. The molecule has 0 radical (unpaired) electrons. The number of carbonyl (C=O) groups is 1. The Balaban J connectivity index is 1.86. The minimum absolute atomic E-state index is 0.0134. The van der Waals surface area contributed by atoms with Crippen molar-refractivity contribution in [3.63, 3.8) is 0 Å². The molecule has 0 fully saturated rings. The molecule has 1 aliphatic rings. The zero-order valence-electron chi connectivity index (χ0n) is 36.5. The van der Waals surface area contributed by atoms with Gasteiger partial charge in [-0.2, -0.15) is 0 Å². The van der Waals surface area contributed by atoms with E-state index in [1.54, 1.807) is 0 Å². The molecule has 0 bridgehead atoms. The molecule has 2 aromatic rings. The third-order valence-electron chi connectivity index (χ3n) is 11.9. The Morgan fingerprint density at radius 3 is 1.88 bits per heavy atom. The fraction of sp³-hybridized carbons (Fsp3) is 0.511. The van der Waals surface area contributed by atoms with Crippen LogP contribution in [0.4, 0.5) is 0 Å². The average molecular weight is 817 g/mol. The van der Waals surface area contributed by atoms with Crippen LogP contribution in [0.1, 0.15) is 82.1 Å². The molecule has 0 aromatic heterocycles. The van der Waals surface area contributed by atoms with Crippen molar-refractivity contribution in [2.45, 2.75) is 147 Å². The van der Waals surface area contributed by atoms with E-state index in [1.165, 1.54) is 16.4 Å². The average Bonchev–Trinajstić information content (AvgIpc) is 3.15. The first-order valence-electron chi connectivity index (χ1n) is 20.7. The summed E-state index contributed by atoms with van der Waals surface area (Å²) in [5.41, 5.74) is -0.992. The maximum Gasteiger partial charge on any atom is 0.331 e. The van der Waals surface area contributed by atoms with Gasteiger partial charge in [0.1, 0.15) is 6.10 Å². The second-order valence-corrected chi connectivity index (χ2v) is 31.6. The molecule has 0 unspecified atom stereocenters. The van der Waals surface area contributed by atoms with Gasteiger partial charge < -0.3 is 23.1 Å². The van der Waals surface area contributed by atoms with Crippen LogP contribution in [-0.4, -0.2) is 66.5 Å². The van der Waals surface area contributed by atoms with Crippen molar-refractivity contribution in [2.75, 3.05) is 6.61 Å². The van der Waals surface area contributed by atoms with Crippen molar-refractivity contribution in [3.05, 3.63) is 121 Å². The Morgan fingerprint density at radius 1 is 0.821 bits per heavy atom. The van der Waals surface area contributed by atoms with E-state index in [-0.39, 0.29) is 22.1 Å². The van der Waals surface area contributed by atoms with Crippen molar-refractivity contribution in [1.29, 1.82) is 0 Å². The summed E-state index contributed by atoms with van der Waals surface area (Å²) < 4.78 is 26.6. The molecule has 3 rings (SSSR count). The first kappa shape index (κ1) is 47.5. The van der Waals surface area contributed by atoms with Gasteiger partial charge in [0.15, 0.2) is 16.6 Å². The molecule has 1 aliphatic heterocycles. The van der Waals surface area contributed by atoms with Crippen molar-refractivity contribution < 1.29 is 27.9 Å². The highest BCUT2D eigenvalue weighted by molar-refractivity contribution is 6.99. The molecule has 0 amide bonds. The number of rotatable bonds is 20. The van der Waals surface area contributed by atoms with Crippen molar-refractivity contribution in [3.8, 4) is 0 Å². The van der Waals surface area contributed by atoms with Gasteiger partial charge in [-0.05, 0) is 64.7 Å². The maximum atomic E-state index is 12.1. The predicted octanol–water partition coefficient (Wildman–Crippen LogP) is 10.6. The monoisotopic (exact) mass is 816 g/mol. The largest absolute Gasteiger partial charge is 0.455 e. The predicted molar refractivity (Wildman–Crippen MR) is 243 cm³/mol. The van der Waals surface area contributed by atoms with Gasteiger partial charge in [-0.3, -0.25) is 0 Å². The minimum atomic E-state index is -2.61. The van der Waals surface area contributed by atoms with Crippen LogP contribution in [-0.2, 0) is 22.8 Å². The molecular weight excluding hydrogens is 745 g/mol. The number of hydrogen-bond donors (Lipinski definition) is 1. The standard InChI is InChI=1S/C47H72O6Si3/c1-13-55(14-2,15-3)53-47(10,36-35-39-29-27-34-44(49)51-39)43(48)38-40(52-54(11,12)45(4,5)6)28-21-17-16-18-26-37-50-56(46(7,8)9,41-30-22-19-23-31-41)42-32-24-20-25-33-42/h16-28,30-36,39-40,43,48H,13-15,29,37-38H2,1-12H3/b17-16+,26-18+,28-21-,36-35?/t39-,40+,43-,47-/m1/s1. The third kappa shape index (κ3) is 12.5. The molecule has 2 aromatic carbocycles. The van der Waals surface area contributed by atoms with Crippen molar-refractivity contribution in [1.82, 2.24) is 0 Å². The molecular formula is C47H72O6Si3. The van der Waals surface area contributed by atoms with Gasteiger partial charge >= 0.3 is 5.97 Å². The van der Waals surface area contributed by atoms with Crippen LogP contribution in [0, 0.1) is 0 Å². The van der Waals surface area contributed by atoms with Crippen LogP contribution in [0.25, 0.3) is 0 Å². The van der Waals surface area contributed by atoms with Crippen LogP contribution < -0.4 is 10.4 Å². The highest BCUT2D eigenvalue weighted by Crippen LogP contribution is 2.40. The maximum absolute atomic E-state index is 12.1. The highest BCUT2D eigenvalue weighted by atomic mass is 28.4. The minimum Gasteiger partial charge on any atom is -0.455 e. The number of allylic oxidation sites excluding steroid dienone is 4. The molecule has 0 saturated heterocycles. The van der Waals surface area contributed by atoms with E-state index in [2.05, 4.69) is 148 Å². The number of esters is 1. The third-order valence-corrected chi connectivity index (χ3v) is 26.1. The van der Waals surface area contributed by atoms with Gasteiger partial charge in [0, 0.05) is 18.9 Å². The molecule has 0 aliphatic carbocycles. The van der Waals surface area contributed by atoms with Gasteiger partial charge in [0.25, 0.3) is 8.32 Å². The highest BCUT2D eigenvalue weighted by Gasteiger charge is 2.50. The molecule has 1 N–H and O–H groups in total. The normalized spacial score (nSPS) is 18.6. The Labute approximate surface area is 343 Å². The Hall–Kier alpha value is -2.90. The molecule has 1 heterocycles. The Kier molecular flexibility index (Phi) is 17.5. The quantitative estimate of drug-likeness (QED) is 0.0621. The van der Waals surface area contributed by atoms with E-state index in [0.717, 1.165) is 18.1 Å². The zero-order valence-corrected chi connectivity index (χ0v) is 39.5. The number of cyclic esters (lactones) is 1. The lowest BCUT2D eigenvalue weighted by Gasteiger charge is -2.43. The smallest absolute Gasteiger partial charge is 0.331 e. The molecule has 4 atom stereocenters. The second kappa shape index (κ2) is 20.7. The first-order chi connectivity index (χ1) is 26.3. The first-order valence-corrected chi connectivity index (χ1v) is 28.0. The molecule has 56 heavy (non-hydrogen) atoms. The van der Waals surface area contributed by atoms with Crippen molar-refractivity contribution in [2.24, 2.45) is 0 Å². The second-order valence-electron chi connectivity index (χ2n) is 17.8. The number of carbonyl (C=O) groups excluding carboxylic acids is 1. The summed E-state index contributed by atoms with van der Waals surface area (Å²) in [7, 11) is -6.99. The van der Waals surface area contributed by atoms with Gasteiger partial charge in [0.05, 0.1) is 24.4 Å². The van der Waals surface area contributed by atoms with Gasteiger partial charge in [-0.25, -0.2) is 4.79 Å². The van der Waals surface area contributed by atoms with Crippen LogP contribution in [0.3, 0.4) is 0 Å². The van der Waals surface area contributed by atoms with Crippen LogP contribution >= 0.6 is 0 Å². The number of aliphatic hydroxyl groups excluding tert-OH is 1. The number of aliphatic hydroxyl groups is 1. The van der Waals surface area contributed by atoms with Crippen molar-refractivity contribution >= 4 is 41.3 Å². The van der Waals surface area contributed by atoms with Crippen LogP contribution in [0.15, 0.2) is 121 Å². The van der Waals surface area contributed by atoms with Gasteiger partial charge in [-0.1, -0.05) is 172 Å². The van der Waals surface area contributed by atoms with Gasteiger partial charge in [0.2, 0.25) is 0 Å². The SMILES string of the molecule is CC[Si](CC)(CC)O[C@](C)(C=C[C@H]1CC=CC(=O)O1)[C@H](O)C[C@H](\C=C/C=C/C=C/CO[Si](c1ccccc1)(c1ccccc1)C(C)(C)C)O[Si](C)(C)C(C)(C)C. The van der Waals surface area contributed by atoms with Gasteiger partial charge in [-0.15, -0.1) is 0 Å². The summed E-state index contributed by atoms with van der Waals surface area (Å²) in [4.78, 5) is 12.0. The van der Waals surface area contributed by atoms with Crippen LogP contribution in [0.2, 0.25) is 41.3 Å². The van der Waals surface area contributed by atoms with E-state index in [0.29, 0.717) is 19.4 Å². The van der Waals surface area contributed by atoms with E-state index < -0.39 is 42.8 Å². The molecule has 308 valence electrons. The number of benzene rings is 2. The summed E-state index contributed by atoms with van der Waals surface area (Å²) in [5, 5.41) is 14.6. The van der Waals surface area contributed by atoms with Crippen LogP contribution in [0.5, 0.6) is 0 Å². The lowest BCUT2D eigenvalue weighted by atomic mass is 9.93. The van der Waals surface area contributed by atoms with E-state index in [4.69, 9.17) is 18.0 Å². The fourth-order valence-electron chi connectivity index (χ4n) is 7.16. The summed E-state index contributed by atoms with van der Waals surface area (Å²) in [6.07, 6.45) is 18.7. The summed E-state index contributed by atoms with van der Waals surface area (Å²) in [6, 6.07) is 24.2. The Morgan fingerprint density at radius 2 is 1.38 bits per heavy atom. The topological polar surface area (TPSA) is 74.2 Å². The molecule has 9 heteroatoms. The summed E-state index contributed by atoms with van der Waals surface area (Å²) in [6.45, 7) is 27.1. The van der Waals surface area contributed by atoms with E-state index in [1.807, 2.05) is 49.5 Å².